The fraction of sp³-hybridized carbons (Fsp3) is 0.667. The van der Waals surface area contributed by atoms with Crippen LogP contribution in [0.4, 0.5) is 11.4 Å². The lowest BCUT2D eigenvalue weighted by Gasteiger charge is -2.49. The molecule has 2 fully saturated rings. The fourth-order valence-corrected chi connectivity index (χ4v) is 3.87. The van der Waals surface area contributed by atoms with Crippen molar-refractivity contribution in [3.63, 3.8) is 0 Å². The van der Waals surface area contributed by atoms with Crippen LogP contribution in [0.25, 0.3) is 0 Å². The van der Waals surface area contributed by atoms with Gasteiger partial charge in [-0.15, -0.1) is 0 Å². The Kier molecular flexibility index (Phi) is 4.39. The third-order valence-electron chi connectivity index (χ3n) is 5.19. The Morgan fingerprint density at radius 2 is 2.05 bits per heavy atom. The summed E-state index contributed by atoms with van der Waals surface area (Å²) in [5, 5.41) is 0. The summed E-state index contributed by atoms with van der Waals surface area (Å²) >= 11 is 0. The number of hydrogen-bond donors (Lipinski definition) is 0. The van der Waals surface area contributed by atoms with Crippen molar-refractivity contribution >= 4 is 11.4 Å². The topological polar surface area (TPSA) is 9.72 Å². The normalized spacial score (nSPS) is 26.5. The molecule has 2 heterocycles. The minimum absolute atomic E-state index is 0.664. The number of nitrogens with zero attached hydrogens (tertiary/aromatic N) is 3. The van der Waals surface area contributed by atoms with Gasteiger partial charge in [-0.25, -0.2) is 0 Å². The highest BCUT2D eigenvalue weighted by Crippen LogP contribution is 2.30. The van der Waals surface area contributed by atoms with Gasteiger partial charge in [0, 0.05) is 50.6 Å². The first-order valence-electron chi connectivity index (χ1n) is 8.47. The maximum Gasteiger partial charge on any atom is 0.0415 e. The standard InChI is InChI=1S/C18H29N3/c1-4-15-13-20-11-6-5-8-18(20)14-21(15)17-10-7-9-16(12-17)19(2)3/h7,9-10,12,15,18H,4-6,8,11,13-14H2,1-3H3. The molecule has 0 amide bonds. The molecule has 0 N–H and O–H groups in total. The summed E-state index contributed by atoms with van der Waals surface area (Å²) in [6, 6.07) is 10.5. The van der Waals surface area contributed by atoms with E-state index in [0.717, 1.165) is 6.04 Å². The highest BCUT2D eigenvalue weighted by Gasteiger charge is 2.34. The van der Waals surface area contributed by atoms with E-state index in [4.69, 9.17) is 0 Å². The summed E-state index contributed by atoms with van der Waals surface area (Å²) < 4.78 is 0. The maximum absolute atomic E-state index is 2.74. The monoisotopic (exact) mass is 287 g/mol. The number of hydrogen-bond acceptors (Lipinski definition) is 3. The predicted molar refractivity (Wildman–Crippen MR) is 91.4 cm³/mol. The number of fused-ring (bicyclic) bond motifs is 1. The van der Waals surface area contributed by atoms with Gasteiger partial charge >= 0.3 is 0 Å². The molecule has 0 bridgehead atoms. The quantitative estimate of drug-likeness (QED) is 0.845. The van der Waals surface area contributed by atoms with E-state index < -0.39 is 0 Å². The molecule has 21 heavy (non-hydrogen) atoms. The first-order valence-corrected chi connectivity index (χ1v) is 8.47. The molecule has 1 aromatic carbocycles. The van der Waals surface area contributed by atoms with Crippen molar-refractivity contribution in [2.45, 2.75) is 44.7 Å². The van der Waals surface area contributed by atoms with Gasteiger partial charge in [0.25, 0.3) is 0 Å². The molecule has 2 saturated heterocycles. The van der Waals surface area contributed by atoms with E-state index >= 15 is 0 Å². The summed E-state index contributed by atoms with van der Waals surface area (Å²) in [5.41, 5.74) is 2.70. The molecule has 2 atom stereocenters. The Morgan fingerprint density at radius 3 is 2.81 bits per heavy atom. The second-order valence-corrected chi connectivity index (χ2v) is 6.77. The fourth-order valence-electron chi connectivity index (χ4n) is 3.87. The molecule has 2 aliphatic heterocycles. The van der Waals surface area contributed by atoms with E-state index in [2.05, 4.69) is 60.0 Å². The van der Waals surface area contributed by atoms with Crippen LogP contribution in [0.5, 0.6) is 0 Å². The van der Waals surface area contributed by atoms with E-state index in [1.54, 1.807) is 0 Å². The summed E-state index contributed by atoms with van der Waals surface area (Å²) in [4.78, 5) is 7.60. The van der Waals surface area contributed by atoms with Crippen molar-refractivity contribution < 1.29 is 0 Å². The van der Waals surface area contributed by atoms with Gasteiger partial charge < -0.3 is 9.80 Å². The van der Waals surface area contributed by atoms with Crippen LogP contribution in [0.3, 0.4) is 0 Å². The molecule has 0 radical (unpaired) electrons. The molecule has 0 aromatic heterocycles. The lowest BCUT2D eigenvalue weighted by atomic mass is 9.95. The Hall–Kier alpha value is -1.22. The van der Waals surface area contributed by atoms with Gasteiger partial charge in [0.2, 0.25) is 0 Å². The van der Waals surface area contributed by atoms with Gasteiger partial charge in [0.05, 0.1) is 0 Å². The van der Waals surface area contributed by atoms with Gasteiger partial charge in [-0.05, 0) is 44.0 Å². The van der Waals surface area contributed by atoms with E-state index in [9.17, 15) is 0 Å². The molecule has 3 nitrogen and oxygen atoms in total. The molecule has 3 heteroatoms. The highest BCUT2D eigenvalue weighted by atomic mass is 15.3. The van der Waals surface area contributed by atoms with Crippen molar-refractivity contribution in [3.8, 4) is 0 Å². The van der Waals surface area contributed by atoms with Gasteiger partial charge in [-0.3, -0.25) is 4.90 Å². The van der Waals surface area contributed by atoms with Crippen molar-refractivity contribution in [1.29, 1.82) is 0 Å². The number of piperidine rings is 1. The van der Waals surface area contributed by atoms with Gasteiger partial charge in [-0.2, -0.15) is 0 Å². The van der Waals surface area contributed by atoms with E-state index in [-0.39, 0.29) is 0 Å². The zero-order chi connectivity index (χ0) is 14.8. The first-order chi connectivity index (χ1) is 10.2. The highest BCUT2D eigenvalue weighted by molar-refractivity contribution is 5.59. The predicted octanol–water partition coefficient (Wildman–Crippen LogP) is 3.21. The van der Waals surface area contributed by atoms with Gasteiger partial charge in [0.1, 0.15) is 0 Å². The molecule has 1 aromatic rings. The Morgan fingerprint density at radius 1 is 1.19 bits per heavy atom. The Labute approximate surface area is 129 Å². The minimum atomic E-state index is 0.664. The average Bonchev–Trinajstić information content (AvgIpc) is 2.53. The molecule has 0 saturated carbocycles. The zero-order valence-electron chi connectivity index (χ0n) is 13.8. The third-order valence-corrected chi connectivity index (χ3v) is 5.19. The first kappa shape index (κ1) is 14.7. The van der Waals surface area contributed by atoms with Crippen molar-refractivity contribution in [3.05, 3.63) is 24.3 Å². The molecule has 0 spiro atoms. The molecule has 2 unspecified atom stereocenters. The van der Waals surface area contributed by atoms with E-state index in [0.29, 0.717) is 6.04 Å². The maximum atomic E-state index is 2.74. The lowest BCUT2D eigenvalue weighted by Crippen LogP contribution is -2.59. The number of anilines is 2. The van der Waals surface area contributed by atoms with Crippen LogP contribution < -0.4 is 9.80 Å². The van der Waals surface area contributed by atoms with Crippen LogP contribution in [-0.2, 0) is 0 Å². The third kappa shape index (κ3) is 3.03. The Balaban J connectivity index is 1.83. The van der Waals surface area contributed by atoms with Gasteiger partial charge in [-0.1, -0.05) is 19.4 Å². The molecular formula is C18H29N3. The molecular weight excluding hydrogens is 258 g/mol. The summed E-state index contributed by atoms with van der Waals surface area (Å²) in [6.45, 7) is 6.09. The van der Waals surface area contributed by atoms with E-state index in [1.165, 1.54) is 56.7 Å². The number of rotatable bonds is 3. The molecule has 3 rings (SSSR count). The smallest absolute Gasteiger partial charge is 0.0415 e. The van der Waals surface area contributed by atoms with Crippen molar-refractivity contribution in [2.24, 2.45) is 0 Å². The number of benzene rings is 1. The van der Waals surface area contributed by atoms with Crippen LogP contribution in [-0.4, -0.2) is 50.7 Å². The average molecular weight is 287 g/mol. The molecule has 0 aliphatic carbocycles. The second-order valence-electron chi connectivity index (χ2n) is 6.77. The van der Waals surface area contributed by atoms with Crippen LogP contribution >= 0.6 is 0 Å². The number of piperazine rings is 1. The summed E-state index contributed by atoms with van der Waals surface area (Å²) in [5.74, 6) is 0. The lowest BCUT2D eigenvalue weighted by molar-refractivity contribution is 0.111. The molecule has 2 aliphatic rings. The van der Waals surface area contributed by atoms with Crippen LogP contribution in [0.2, 0.25) is 0 Å². The minimum Gasteiger partial charge on any atom is -0.378 e. The second kappa shape index (κ2) is 6.27. The molecule has 116 valence electrons. The zero-order valence-corrected chi connectivity index (χ0v) is 13.8. The summed E-state index contributed by atoms with van der Waals surface area (Å²) in [7, 11) is 4.24. The Bertz CT molecular complexity index is 471. The largest absolute Gasteiger partial charge is 0.378 e. The SMILES string of the molecule is CCC1CN2CCCCC2CN1c1cccc(N(C)C)c1. The van der Waals surface area contributed by atoms with Crippen molar-refractivity contribution in [1.82, 2.24) is 4.90 Å². The van der Waals surface area contributed by atoms with Crippen molar-refractivity contribution in [2.75, 3.05) is 43.5 Å². The van der Waals surface area contributed by atoms with Crippen LogP contribution in [0.1, 0.15) is 32.6 Å². The summed E-state index contributed by atoms with van der Waals surface area (Å²) in [6.07, 6.45) is 5.41. The van der Waals surface area contributed by atoms with Crippen LogP contribution in [0.15, 0.2) is 24.3 Å². The van der Waals surface area contributed by atoms with Gasteiger partial charge in [0.15, 0.2) is 0 Å². The van der Waals surface area contributed by atoms with Crippen LogP contribution in [0, 0.1) is 0 Å². The van der Waals surface area contributed by atoms with E-state index in [1.807, 2.05) is 0 Å².